The third-order valence-corrected chi connectivity index (χ3v) is 4.33. The first-order chi connectivity index (χ1) is 11.3. The molecule has 0 heterocycles. The Labute approximate surface area is 147 Å². The molecule has 1 unspecified atom stereocenters. The molecule has 1 atom stereocenters. The summed E-state index contributed by atoms with van der Waals surface area (Å²) in [6.45, 7) is 19.8. The standard InChI is InChI=1S/C21H32N2O/c1-7-9-15-23(16-10-8-2)20(24)19(22-6)17-11-13-18(14-12-17)21(3,4)5/h11-14,19H,7-10,15-16H2,1-5H3. The Morgan fingerprint density at radius 1 is 1.08 bits per heavy atom. The minimum absolute atomic E-state index is 0.0459. The largest absolute Gasteiger partial charge is 0.336 e. The number of hydrogen-bond acceptors (Lipinski definition) is 1. The quantitative estimate of drug-likeness (QED) is 0.588. The van der Waals surface area contributed by atoms with Crippen molar-refractivity contribution in [2.24, 2.45) is 0 Å². The fourth-order valence-corrected chi connectivity index (χ4v) is 2.64. The van der Waals surface area contributed by atoms with Crippen LogP contribution in [0.15, 0.2) is 24.3 Å². The Kier molecular flexibility index (Phi) is 7.98. The molecule has 0 spiro atoms. The van der Waals surface area contributed by atoms with Crippen LogP contribution in [0.2, 0.25) is 0 Å². The molecule has 0 aliphatic rings. The Hall–Kier alpha value is -1.82. The Morgan fingerprint density at radius 3 is 1.96 bits per heavy atom. The zero-order valence-electron chi connectivity index (χ0n) is 15.9. The van der Waals surface area contributed by atoms with Gasteiger partial charge >= 0.3 is 11.9 Å². The fraction of sp³-hybridized carbons (Fsp3) is 0.619. The van der Waals surface area contributed by atoms with E-state index < -0.39 is 6.04 Å². The van der Waals surface area contributed by atoms with E-state index in [1.807, 2.05) is 29.2 Å². The van der Waals surface area contributed by atoms with Crippen molar-refractivity contribution >= 4 is 5.91 Å². The number of amides is 1. The Bertz CT molecular complexity index is 541. The van der Waals surface area contributed by atoms with Crippen LogP contribution < -0.4 is 0 Å². The summed E-state index contributed by atoms with van der Waals surface area (Å²) in [6.07, 6.45) is 4.09. The topological polar surface area (TPSA) is 24.7 Å². The minimum Gasteiger partial charge on any atom is -0.336 e. The molecule has 1 aromatic rings. The fourth-order valence-electron chi connectivity index (χ4n) is 2.64. The van der Waals surface area contributed by atoms with E-state index >= 15 is 0 Å². The minimum atomic E-state index is -0.715. The molecule has 0 aliphatic heterocycles. The monoisotopic (exact) mass is 328 g/mol. The second kappa shape index (κ2) is 9.47. The molecule has 1 rings (SSSR count). The van der Waals surface area contributed by atoms with E-state index in [1.54, 1.807) is 0 Å². The van der Waals surface area contributed by atoms with Gasteiger partial charge in [-0.3, -0.25) is 9.64 Å². The maximum Gasteiger partial charge on any atom is 0.325 e. The van der Waals surface area contributed by atoms with Gasteiger partial charge in [0.2, 0.25) is 0 Å². The third kappa shape index (κ3) is 5.67. The molecule has 1 aromatic carbocycles. The average molecular weight is 329 g/mol. The van der Waals surface area contributed by atoms with E-state index in [9.17, 15) is 4.79 Å². The molecule has 132 valence electrons. The van der Waals surface area contributed by atoms with Gasteiger partial charge in [-0.1, -0.05) is 71.7 Å². The summed E-state index contributed by atoms with van der Waals surface area (Å²) >= 11 is 0. The molecule has 3 heteroatoms. The molecule has 0 fully saturated rings. The predicted octanol–water partition coefficient (Wildman–Crippen LogP) is 5.37. The average Bonchev–Trinajstić information content (AvgIpc) is 2.55. The first kappa shape index (κ1) is 20.2. The molecular weight excluding hydrogens is 296 g/mol. The van der Waals surface area contributed by atoms with Crippen LogP contribution in [0.5, 0.6) is 0 Å². The summed E-state index contributed by atoms with van der Waals surface area (Å²) in [5.74, 6) is -0.0459. The molecule has 0 radical (unpaired) electrons. The number of carbonyl (C=O) groups is 1. The predicted molar refractivity (Wildman–Crippen MR) is 101 cm³/mol. The van der Waals surface area contributed by atoms with Crippen LogP contribution in [0.1, 0.15) is 77.5 Å². The van der Waals surface area contributed by atoms with Gasteiger partial charge in [-0.2, -0.15) is 0 Å². The highest BCUT2D eigenvalue weighted by molar-refractivity contribution is 5.85. The van der Waals surface area contributed by atoms with E-state index in [-0.39, 0.29) is 11.3 Å². The molecule has 0 aromatic heterocycles. The summed E-state index contributed by atoms with van der Waals surface area (Å²) in [6, 6.07) is 7.26. The van der Waals surface area contributed by atoms with Gasteiger partial charge in [-0.25, -0.2) is 6.57 Å². The van der Waals surface area contributed by atoms with E-state index in [0.29, 0.717) is 0 Å². The van der Waals surface area contributed by atoms with Gasteiger partial charge in [-0.05, 0) is 23.8 Å². The molecule has 3 nitrogen and oxygen atoms in total. The van der Waals surface area contributed by atoms with Crippen molar-refractivity contribution in [1.82, 2.24) is 4.90 Å². The van der Waals surface area contributed by atoms with Crippen LogP contribution >= 0.6 is 0 Å². The summed E-state index contributed by atoms with van der Waals surface area (Å²) in [4.78, 5) is 18.4. The molecule has 1 amide bonds. The van der Waals surface area contributed by atoms with Crippen molar-refractivity contribution in [2.75, 3.05) is 13.1 Å². The third-order valence-electron chi connectivity index (χ3n) is 4.33. The zero-order chi connectivity index (χ0) is 18.2. The van der Waals surface area contributed by atoms with E-state index in [1.165, 1.54) is 5.56 Å². The van der Waals surface area contributed by atoms with Crippen molar-refractivity contribution < 1.29 is 4.79 Å². The van der Waals surface area contributed by atoms with Crippen molar-refractivity contribution in [1.29, 1.82) is 0 Å². The zero-order valence-corrected chi connectivity index (χ0v) is 15.9. The lowest BCUT2D eigenvalue weighted by Gasteiger charge is -2.23. The maximum atomic E-state index is 12.9. The second-order valence-electron chi connectivity index (χ2n) is 7.44. The van der Waals surface area contributed by atoms with Crippen LogP contribution in [0, 0.1) is 6.57 Å². The molecule has 0 bridgehead atoms. The summed E-state index contributed by atoms with van der Waals surface area (Å²) in [5.41, 5.74) is 2.10. The lowest BCUT2D eigenvalue weighted by atomic mass is 9.86. The highest BCUT2D eigenvalue weighted by atomic mass is 16.2. The summed E-state index contributed by atoms with van der Waals surface area (Å²) in [7, 11) is 0. The first-order valence-corrected chi connectivity index (χ1v) is 9.10. The number of unbranched alkanes of at least 4 members (excludes halogenated alkanes) is 2. The number of hydrogen-bond donors (Lipinski definition) is 0. The van der Waals surface area contributed by atoms with Crippen LogP contribution in [0.25, 0.3) is 4.85 Å². The number of nitrogens with zero attached hydrogens (tertiary/aromatic N) is 2. The molecular formula is C21H32N2O. The van der Waals surface area contributed by atoms with Crippen LogP contribution in [0.4, 0.5) is 0 Å². The highest BCUT2D eigenvalue weighted by Gasteiger charge is 2.30. The van der Waals surface area contributed by atoms with E-state index in [2.05, 4.69) is 39.5 Å². The Morgan fingerprint density at radius 2 is 1.58 bits per heavy atom. The molecule has 0 saturated heterocycles. The molecule has 0 N–H and O–H groups in total. The lowest BCUT2D eigenvalue weighted by molar-refractivity contribution is -0.132. The lowest BCUT2D eigenvalue weighted by Crippen LogP contribution is -2.36. The molecule has 0 saturated carbocycles. The SMILES string of the molecule is [C-]#[N+]C(C(=O)N(CCCC)CCCC)c1ccc(C(C)(C)C)cc1. The second-order valence-corrected chi connectivity index (χ2v) is 7.44. The van der Waals surface area contributed by atoms with Gasteiger partial charge in [0.1, 0.15) is 0 Å². The van der Waals surface area contributed by atoms with Gasteiger partial charge in [0, 0.05) is 18.7 Å². The normalized spacial score (nSPS) is 12.5. The van der Waals surface area contributed by atoms with Crippen molar-refractivity contribution in [3.63, 3.8) is 0 Å². The Balaban J connectivity index is 2.96. The summed E-state index contributed by atoms with van der Waals surface area (Å²) < 4.78 is 0. The number of benzene rings is 1. The van der Waals surface area contributed by atoms with Gasteiger partial charge in [0.05, 0.1) is 0 Å². The van der Waals surface area contributed by atoms with Crippen molar-refractivity contribution in [3.8, 4) is 0 Å². The van der Waals surface area contributed by atoms with Gasteiger partial charge in [-0.15, -0.1) is 0 Å². The van der Waals surface area contributed by atoms with Crippen LogP contribution in [0.3, 0.4) is 0 Å². The van der Waals surface area contributed by atoms with E-state index in [0.717, 1.165) is 44.3 Å². The van der Waals surface area contributed by atoms with Gasteiger partial charge in [0.15, 0.2) is 0 Å². The summed E-state index contributed by atoms with van der Waals surface area (Å²) in [5, 5.41) is 0. The first-order valence-electron chi connectivity index (χ1n) is 9.10. The van der Waals surface area contributed by atoms with Crippen LogP contribution in [-0.2, 0) is 10.2 Å². The van der Waals surface area contributed by atoms with Crippen molar-refractivity contribution in [2.45, 2.75) is 71.8 Å². The maximum absolute atomic E-state index is 12.9. The number of rotatable bonds is 8. The van der Waals surface area contributed by atoms with E-state index in [4.69, 9.17) is 6.57 Å². The molecule has 24 heavy (non-hydrogen) atoms. The number of carbonyl (C=O) groups excluding carboxylic acids is 1. The smallest absolute Gasteiger partial charge is 0.325 e. The van der Waals surface area contributed by atoms with Crippen molar-refractivity contribution in [3.05, 3.63) is 46.8 Å². The van der Waals surface area contributed by atoms with Gasteiger partial charge < -0.3 is 4.90 Å². The highest BCUT2D eigenvalue weighted by Crippen LogP contribution is 2.26. The van der Waals surface area contributed by atoms with Gasteiger partial charge in [0.25, 0.3) is 0 Å². The molecule has 0 aliphatic carbocycles. The van der Waals surface area contributed by atoms with Crippen LogP contribution in [-0.4, -0.2) is 23.9 Å².